The second-order valence-corrected chi connectivity index (χ2v) is 5.74. The second kappa shape index (κ2) is 6.66. The van der Waals surface area contributed by atoms with Crippen molar-refractivity contribution in [3.63, 3.8) is 0 Å². The zero-order valence-electron chi connectivity index (χ0n) is 13.4. The average Bonchev–Trinajstić information content (AvgIpc) is 2.64. The van der Waals surface area contributed by atoms with Gasteiger partial charge in [-0.05, 0) is 19.1 Å². The molecule has 0 unspecified atom stereocenters. The van der Waals surface area contributed by atoms with Gasteiger partial charge in [-0.1, -0.05) is 42.5 Å². The maximum atomic E-state index is 12.6. The number of carbonyl (C=O) groups excluding carboxylic acids is 3. The maximum Gasteiger partial charge on any atom is 0.254 e. The van der Waals surface area contributed by atoms with Gasteiger partial charge in [0.1, 0.15) is 6.04 Å². The number of rotatable bonds is 3. The third kappa shape index (κ3) is 3.06. The average molecular weight is 322 g/mol. The van der Waals surface area contributed by atoms with Gasteiger partial charge in [0.25, 0.3) is 5.91 Å². The van der Waals surface area contributed by atoms with Crippen LogP contribution in [0.3, 0.4) is 0 Å². The van der Waals surface area contributed by atoms with Crippen LogP contribution in [-0.4, -0.2) is 41.6 Å². The van der Waals surface area contributed by atoms with Crippen molar-refractivity contribution in [3.05, 3.63) is 71.3 Å². The summed E-state index contributed by atoms with van der Waals surface area (Å²) in [5.74, 6) is -0.429. The molecule has 122 valence electrons. The number of ketones is 1. The fourth-order valence-corrected chi connectivity index (χ4v) is 2.75. The van der Waals surface area contributed by atoms with E-state index >= 15 is 0 Å². The number of hydrogen-bond donors (Lipinski definition) is 1. The van der Waals surface area contributed by atoms with Crippen LogP contribution < -0.4 is 5.32 Å². The number of hydrogen-bond acceptors (Lipinski definition) is 3. The predicted molar refractivity (Wildman–Crippen MR) is 89.8 cm³/mol. The van der Waals surface area contributed by atoms with Crippen molar-refractivity contribution in [1.29, 1.82) is 0 Å². The van der Waals surface area contributed by atoms with Crippen molar-refractivity contribution >= 4 is 17.6 Å². The summed E-state index contributed by atoms with van der Waals surface area (Å²) < 4.78 is 0. The summed E-state index contributed by atoms with van der Waals surface area (Å²) >= 11 is 0. The molecule has 1 fully saturated rings. The van der Waals surface area contributed by atoms with E-state index < -0.39 is 6.04 Å². The first-order valence-electron chi connectivity index (χ1n) is 7.86. The van der Waals surface area contributed by atoms with Crippen LogP contribution in [0.5, 0.6) is 0 Å². The number of nitrogens with zero attached hydrogens (tertiary/aromatic N) is 1. The standard InChI is InChI=1S/C19H18N2O3/c1-13-18(23)20-11-12-21(13)19(24)16-9-7-15(8-10-16)17(22)14-5-3-2-4-6-14/h2-10,13H,11-12H2,1H3,(H,20,23)/t13-/m1/s1. The SMILES string of the molecule is C[C@@H]1C(=O)NCCN1C(=O)c1ccc(C(=O)c2ccccc2)cc1. The van der Waals surface area contributed by atoms with E-state index in [1.54, 1.807) is 48.2 Å². The first-order chi connectivity index (χ1) is 11.6. The molecule has 5 heteroatoms. The Balaban J connectivity index is 1.78. The molecule has 3 rings (SSSR count). The molecule has 5 nitrogen and oxygen atoms in total. The smallest absolute Gasteiger partial charge is 0.254 e. The topological polar surface area (TPSA) is 66.5 Å². The van der Waals surface area contributed by atoms with Crippen LogP contribution in [0.15, 0.2) is 54.6 Å². The second-order valence-electron chi connectivity index (χ2n) is 5.74. The van der Waals surface area contributed by atoms with Gasteiger partial charge in [-0.15, -0.1) is 0 Å². The van der Waals surface area contributed by atoms with Gasteiger partial charge < -0.3 is 10.2 Å². The molecule has 1 atom stereocenters. The van der Waals surface area contributed by atoms with Gasteiger partial charge in [0, 0.05) is 29.8 Å². The molecule has 1 aliphatic heterocycles. The number of benzene rings is 2. The number of nitrogens with one attached hydrogen (secondary N) is 1. The first kappa shape index (κ1) is 15.9. The van der Waals surface area contributed by atoms with Crippen LogP contribution in [0.2, 0.25) is 0 Å². The molecule has 2 aromatic rings. The Labute approximate surface area is 140 Å². The van der Waals surface area contributed by atoms with E-state index in [4.69, 9.17) is 0 Å². The fourth-order valence-electron chi connectivity index (χ4n) is 2.75. The predicted octanol–water partition coefficient (Wildman–Crippen LogP) is 1.88. The van der Waals surface area contributed by atoms with E-state index in [-0.39, 0.29) is 17.6 Å². The molecule has 24 heavy (non-hydrogen) atoms. The molecule has 2 aromatic carbocycles. The summed E-state index contributed by atoms with van der Waals surface area (Å²) in [6.45, 7) is 2.65. The highest BCUT2D eigenvalue weighted by atomic mass is 16.2. The third-order valence-corrected chi connectivity index (χ3v) is 4.19. The van der Waals surface area contributed by atoms with E-state index in [0.717, 1.165) is 0 Å². The molecule has 1 aliphatic rings. The van der Waals surface area contributed by atoms with Crippen LogP contribution in [0.25, 0.3) is 0 Å². The van der Waals surface area contributed by atoms with Crippen molar-refractivity contribution in [2.45, 2.75) is 13.0 Å². The molecule has 0 radical (unpaired) electrons. The lowest BCUT2D eigenvalue weighted by Gasteiger charge is -2.32. The van der Waals surface area contributed by atoms with Crippen LogP contribution in [0, 0.1) is 0 Å². The lowest BCUT2D eigenvalue weighted by atomic mass is 10.0. The summed E-state index contributed by atoms with van der Waals surface area (Å²) in [7, 11) is 0. The first-order valence-corrected chi connectivity index (χ1v) is 7.86. The minimum atomic E-state index is -0.489. The van der Waals surface area contributed by atoms with E-state index in [1.807, 2.05) is 18.2 Å². The van der Waals surface area contributed by atoms with E-state index in [0.29, 0.717) is 29.8 Å². The van der Waals surface area contributed by atoms with Crippen molar-refractivity contribution in [1.82, 2.24) is 10.2 Å². The Morgan fingerprint density at radius 2 is 1.54 bits per heavy atom. The summed E-state index contributed by atoms with van der Waals surface area (Å²) in [5, 5.41) is 2.73. The van der Waals surface area contributed by atoms with Gasteiger partial charge in [-0.3, -0.25) is 14.4 Å². The van der Waals surface area contributed by atoms with Crippen molar-refractivity contribution < 1.29 is 14.4 Å². The molecule has 0 aliphatic carbocycles. The molecule has 0 spiro atoms. The van der Waals surface area contributed by atoms with Crippen LogP contribution in [-0.2, 0) is 4.79 Å². The van der Waals surface area contributed by atoms with E-state index in [1.165, 1.54) is 0 Å². The molecular weight excluding hydrogens is 304 g/mol. The lowest BCUT2D eigenvalue weighted by Crippen LogP contribution is -2.55. The van der Waals surface area contributed by atoms with Gasteiger partial charge in [-0.25, -0.2) is 0 Å². The highest BCUT2D eigenvalue weighted by Crippen LogP contribution is 2.14. The monoisotopic (exact) mass is 322 g/mol. The minimum Gasteiger partial charge on any atom is -0.353 e. The van der Waals surface area contributed by atoms with Crippen molar-refractivity contribution in [3.8, 4) is 0 Å². The summed E-state index contributed by atoms with van der Waals surface area (Å²) in [6.07, 6.45) is 0. The molecule has 1 heterocycles. The largest absolute Gasteiger partial charge is 0.353 e. The number of piperazine rings is 1. The molecule has 1 N–H and O–H groups in total. The summed E-state index contributed by atoms with van der Waals surface area (Å²) in [6, 6.07) is 15.1. The molecule has 0 saturated carbocycles. The summed E-state index contributed by atoms with van der Waals surface area (Å²) in [4.78, 5) is 38.2. The molecule has 2 amide bonds. The van der Waals surface area contributed by atoms with Crippen LogP contribution >= 0.6 is 0 Å². The number of amides is 2. The summed E-state index contributed by atoms with van der Waals surface area (Å²) in [5.41, 5.74) is 1.61. The van der Waals surface area contributed by atoms with Crippen molar-refractivity contribution in [2.75, 3.05) is 13.1 Å². The fraction of sp³-hybridized carbons (Fsp3) is 0.211. The third-order valence-electron chi connectivity index (χ3n) is 4.19. The lowest BCUT2D eigenvalue weighted by molar-refractivity contribution is -0.127. The minimum absolute atomic E-state index is 0.0830. The van der Waals surface area contributed by atoms with Crippen molar-refractivity contribution in [2.24, 2.45) is 0 Å². The quantitative estimate of drug-likeness (QED) is 0.878. The van der Waals surface area contributed by atoms with Crippen LogP contribution in [0.4, 0.5) is 0 Å². The van der Waals surface area contributed by atoms with Gasteiger partial charge >= 0.3 is 0 Å². The normalized spacial score (nSPS) is 17.3. The Hall–Kier alpha value is -2.95. The molecule has 1 saturated heterocycles. The van der Waals surface area contributed by atoms with Gasteiger partial charge in [0.05, 0.1) is 0 Å². The molecule has 0 bridgehead atoms. The van der Waals surface area contributed by atoms with Gasteiger partial charge in [-0.2, -0.15) is 0 Å². The van der Waals surface area contributed by atoms with E-state index in [9.17, 15) is 14.4 Å². The van der Waals surface area contributed by atoms with Gasteiger partial charge in [0.15, 0.2) is 5.78 Å². The zero-order chi connectivity index (χ0) is 17.1. The maximum absolute atomic E-state index is 12.6. The Morgan fingerprint density at radius 3 is 2.21 bits per heavy atom. The molecular formula is C19H18N2O3. The highest BCUT2D eigenvalue weighted by molar-refractivity contribution is 6.09. The zero-order valence-corrected chi connectivity index (χ0v) is 13.4. The van der Waals surface area contributed by atoms with Gasteiger partial charge in [0.2, 0.25) is 5.91 Å². The number of carbonyl (C=O) groups is 3. The highest BCUT2D eigenvalue weighted by Gasteiger charge is 2.29. The molecule has 0 aromatic heterocycles. The van der Waals surface area contributed by atoms with E-state index in [2.05, 4.69) is 5.32 Å². The Kier molecular flexibility index (Phi) is 4.42. The van der Waals surface area contributed by atoms with Crippen LogP contribution in [0.1, 0.15) is 33.2 Å². The Morgan fingerprint density at radius 1 is 0.958 bits per heavy atom. The Bertz CT molecular complexity index is 769.